The number of ether oxygens (including phenoxy) is 1. The number of halogens is 1. The topological polar surface area (TPSA) is 112 Å². The Morgan fingerprint density at radius 1 is 1.24 bits per heavy atom. The summed E-state index contributed by atoms with van der Waals surface area (Å²) in [5.41, 5.74) is 0.717. The van der Waals surface area contributed by atoms with Gasteiger partial charge in [-0.1, -0.05) is 48.0 Å². The molecule has 2 aromatic rings. The van der Waals surface area contributed by atoms with Crippen molar-refractivity contribution in [2.24, 2.45) is 10.5 Å². The molecule has 9 nitrogen and oxygen atoms in total. The quantitative estimate of drug-likeness (QED) is 0.627. The summed E-state index contributed by atoms with van der Waals surface area (Å²) in [4.78, 5) is 39.6. The number of piperidine rings is 1. The van der Waals surface area contributed by atoms with Crippen LogP contribution in [0.5, 0.6) is 5.75 Å². The van der Waals surface area contributed by atoms with Gasteiger partial charge >= 0.3 is 6.09 Å². The van der Waals surface area contributed by atoms with E-state index in [9.17, 15) is 19.5 Å². The van der Waals surface area contributed by atoms with Crippen molar-refractivity contribution < 1.29 is 24.2 Å². The second-order valence-electron chi connectivity index (χ2n) is 8.40. The summed E-state index contributed by atoms with van der Waals surface area (Å²) in [6.07, 6.45) is -0.526. The molecule has 2 aliphatic rings. The van der Waals surface area contributed by atoms with Gasteiger partial charge in [0.05, 0.1) is 5.71 Å². The Labute approximate surface area is 201 Å². The SMILES string of the molecule is CN1N=C2CCN(C(=O)[C@@H](COc3cccc(Cl)c3)NC(=O)O)C[C@@]2(Cc2ccccc2)C1=O. The summed E-state index contributed by atoms with van der Waals surface area (Å²) in [5.74, 6) is -0.223. The van der Waals surface area contributed by atoms with Crippen molar-refractivity contribution in [3.05, 3.63) is 65.2 Å². The van der Waals surface area contributed by atoms with Crippen LogP contribution in [0, 0.1) is 5.41 Å². The number of hydrazone groups is 1. The number of carboxylic acid groups (broad SMARTS) is 1. The Morgan fingerprint density at radius 2 is 2.00 bits per heavy atom. The fraction of sp³-hybridized carbons (Fsp3) is 0.333. The summed E-state index contributed by atoms with van der Waals surface area (Å²) in [5, 5.41) is 17.8. The summed E-state index contributed by atoms with van der Waals surface area (Å²) >= 11 is 5.98. The average Bonchev–Trinajstić information content (AvgIpc) is 3.06. The second-order valence-corrected chi connectivity index (χ2v) is 8.84. The number of hydrogen-bond acceptors (Lipinski definition) is 5. The lowest BCUT2D eigenvalue weighted by molar-refractivity contribution is -0.141. The molecule has 34 heavy (non-hydrogen) atoms. The smallest absolute Gasteiger partial charge is 0.405 e. The molecule has 2 heterocycles. The zero-order chi connectivity index (χ0) is 24.3. The van der Waals surface area contributed by atoms with Crippen LogP contribution >= 0.6 is 11.6 Å². The Balaban J connectivity index is 1.55. The maximum absolute atomic E-state index is 13.4. The van der Waals surface area contributed by atoms with E-state index in [2.05, 4.69) is 10.4 Å². The molecule has 10 heteroatoms. The van der Waals surface area contributed by atoms with E-state index < -0.39 is 23.5 Å². The van der Waals surface area contributed by atoms with E-state index >= 15 is 0 Å². The van der Waals surface area contributed by atoms with E-state index in [1.54, 1.807) is 31.3 Å². The van der Waals surface area contributed by atoms with Crippen LogP contribution < -0.4 is 10.1 Å². The van der Waals surface area contributed by atoms with Gasteiger partial charge in [-0.3, -0.25) is 9.59 Å². The van der Waals surface area contributed by atoms with E-state index in [1.807, 2.05) is 30.3 Å². The molecule has 2 N–H and O–H groups in total. The van der Waals surface area contributed by atoms with Gasteiger partial charge in [-0.15, -0.1) is 0 Å². The van der Waals surface area contributed by atoms with Gasteiger partial charge in [0.25, 0.3) is 5.91 Å². The highest BCUT2D eigenvalue weighted by Gasteiger charge is 2.53. The third kappa shape index (κ3) is 4.84. The number of hydrogen-bond donors (Lipinski definition) is 2. The third-order valence-electron chi connectivity index (χ3n) is 6.07. The van der Waals surface area contributed by atoms with Gasteiger partial charge in [0, 0.05) is 31.6 Å². The van der Waals surface area contributed by atoms with Crippen LogP contribution in [0.4, 0.5) is 4.79 Å². The maximum Gasteiger partial charge on any atom is 0.405 e. The maximum atomic E-state index is 13.4. The molecule has 2 aromatic carbocycles. The Bertz CT molecular complexity index is 1130. The molecular formula is C24H25ClN4O5. The molecular weight excluding hydrogens is 460 g/mol. The van der Waals surface area contributed by atoms with Gasteiger partial charge in [-0.2, -0.15) is 5.10 Å². The van der Waals surface area contributed by atoms with Gasteiger partial charge in [-0.05, 0) is 30.2 Å². The summed E-state index contributed by atoms with van der Waals surface area (Å²) in [7, 11) is 1.61. The minimum absolute atomic E-state index is 0.109. The number of carbonyl (C=O) groups is 3. The highest BCUT2D eigenvalue weighted by Crippen LogP contribution is 2.38. The van der Waals surface area contributed by atoms with Gasteiger partial charge in [0.15, 0.2) is 0 Å². The molecule has 0 saturated carbocycles. The molecule has 1 fully saturated rings. The van der Waals surface area contributed by atoms with Gasteiger partial charge in [0.1, 0.15) is 23.8 Å². The van der Waals surface area contributed by atoms with E-state index in [4.69, 9.17) is 16.3 Å². The van der Waals surface area contributed by atoms with Crippen molar-refractivity contribution in [3.8, 4) is 5.75 Å². The van der Waals surface area contributed by atoms with Crippen molar-refractivity contribution in [1.29, 1.82) is 0 Å². The number of rotatable bonds is 7. The number of amides is 3. The predicted octanol–water partition coefficient (Wildman–Crippen LogP) is 2.64. The summed E-state index contributed by atoms with van der Waals surface area (Å²) in [6, 6.07) is 15.0. The zero-order valence-corrected chi connectivity index (χ0v) is 19.4. The molecule has 0 aliphatic carbocycles. The van der Waals surface area contributed by atoms with Crippen LogP contribution in [0.25, 0.3) is 0 Å². The van der Waals surface area contributed by atoms with Crippen molar-refractivity contribution in [1.82, 2.24) is 15.2 Å². The van der Waals surface area contributed by atoms with E-state index in [0.29, 0.717) is 30.2 Å². The second kappa shape index (κ2) is 9.72. The molecule has 2 atom stereocenters. The Morgan fingerprint density at radius 3 is 2.71 bits per heavy atom. The lowest BCUT2D eigenvalue weighted by atomic mass is 9.73. The standard InChI is InChI=1S/C24H25ClN4O5/c1-28-22(31)24(13-16-6-3-2-4-7-16)15-29(11-10-20(24)27-28)21(30)19(26-23(32)33)14-34-18-9-5-8-17(25)12-18/h2-9,12,19,26H,10-11,13-15H2,1H3,(H,32,33)/t19-,24-/m1/s1. The third-order valence-corrected chi connectivity index (χ3v) is 6.31. The number of fused-ring (bicyclic) bond motifs is 1. The molecule has 0 aromatic heterocycles. The molecule has 178 valence electrons. The number of likely N-dealkylation sites (tertiary alicyclic amines) is 1. The minimum Gasteiger partial charge on any atom is -0.491 e. The molecule has 0 radical (unpaired) electrons. The molecule has 3 amide bonds. The summed E-state index contributed by atoms with van der Waals surface area (Å²) in [6.45, 7) is 0.213. The van der Waals surface area contributed by atoms with Crippen molar-refractivity contribution in [2.45, 2.75) is 18.9 Å². The number of carbonyl (C=O) groups excluding carboxylic acids is 2. The fourth-order valence-corrected chi connectivity index (χ4v) is 4.68. The monoisotopic (exact) mass is 484 g/mol. The Kier molecular flexibility index (Phi) is 6.74. The van der Waals surface area contributed by atoms with Crippen LogP contribution in [0.2, 0.25) is 5.02 Å². The normalized spacial score (nSPS) is 20.4. The molecule has 2 aliphatic heterocycles. The number of nitrogens with one attached hydrogen (secondary N) is 1. The van der Waals surface area contributed by atoms with Crippen LogP contribution in [0.15, 0.2) is 59.7 Å². The highest BCUT2D eigenvalue weighted by molar-refractivity contribution is 6.30. The number of nitrogens with zero attached hydrogens (tertiary/aromatic N) is 3. The minimum atomic E-state index is -1.34. The van der Waals surface area contributed by atoms with Crippen LogP contribution in [-0.4, -0.2) is 71.4 Å². The average molecular weight is 485 g/mol. The zero-order valence-electron chi connectivity index (χ0n) is 18.6. The van der Waals surface area contributed by atoms with E-state index in [1.165, 1.54) is 9.91 Å². The van der Waals surface area contributed by atoms with Crippen LogP contribution in [-0.2, 0) is 16.0 Å². The first-order chi connectivity index (χ1) is 16.3. The van der Waals surface area contributed by atoms with Crippen LogP contribution in [0.3, 0.4) is 0 Å². The number of benzene rings is 2. The molecule has 0 spiro atoms. The molecule has 0 bridgehead atoms. The lowest BCUT2D eigenvalue weighted by Crippen LogP contribution is -2.59. The van der Waals surface area contributed by atoms with E-state index in [-0.39, 0.29) is 19.1 Å². The molecule has 0 unspecified atom stereocenters. The van der Waals surface area contributed by atoms with E-state index in [0.717, 1.165) is 11.3 Å². The lowest BCUT2D eigenvalue weighted by Gasteiger charge is -2.40. The highest BCUT2D eigenvalue weighted by atomic mass is 35.5. The predicted molar refractivity (Wildman–Crippen MR) is 126 cm³/mol. The fourth-order valence-electron chi connectivity index (χ4n) is 4.50. The van der Waals surface area contributed by atoms with Crippen molar-refractivity contribution in [2.75, 3.05) is 26.7 Å². The van der Waals surface area contributed by atoms with Gasteiger partial charge in [0.2, 0.25) is 5.91 Å². The van der Waals surface area contributed by atoms with Gasteiger partial charge in [-0.25, -0.2) is 9.80 Å². The van der Waals surface area contributed by atoms with Crippen LogP contribution in [0.1, 0.15) is 12.0 Å². The van der Waals surface area contributed by atoms with Crippen molar-refractivity contribution >= 4 is 35.2 Å². The first kappa shape index (κ1) is 23.6. The molecule has 4 rings (SSSR count). The first-order valence-electron chi connectivity index (χ1n) is 10.9. The molecule has 1 saturated heterocycles. The first-order valence-corrected chi connectivity index (χ1v) is 11.2. The largest absolute Gasteiger partial charge is 0.491 e. The summed E-state index contributed by atoms with van der Waals surface area (Å²) < 4.78 is 5.65. The van der Waals surface area contributed by atoms with Crippen molar-refractivity contribution in [3.63, 3.8) is 0 Å². The Hall–Kier alpha value is -3.59. The van der Waals surface area contributed by atoms with Gasteiger partial charge < -0.3 is 20.1 Å².